The quantitative estimate of drug-likeness (QED) is 0.715. The van der Waals surface area contributed by atoms with Gasteiger partial charge in [0.25, 0.3) is 0 Å². The zero-order valence-electron chi connectivity index (χ0n) is 7.36. The van der Waals surface area contributed by atoms with Crippen LogP contribution in [0, 0.1) is 0 Å². The summed E-state index contributed by atoms with van der Waals surface area (Å²) in [7, 11) is 0. The van der Waals surface area contributed by atoms with Crippen LogP contribution in [-0.4, -0.2) is 5.91 Å². The van der Waals surface area contributed by atoms with Crippen molar-refractivity contribution in [2.24, 2.45) is 5.73 Å². The fourth-order valence-electron chi connectivity index (χ4n) is 0.631. The lowest BCUT2D eigenvalue weighted by Crippen LogP contribution is -2.08. The minimum absolute atomic E-state index is 0.211. The molecule has 0 saturated heterocycles. The summed E-state index contributed by atoms with van der Waals surface area (Å²) in [5.41, 5.74) is 4.76. The summed E-state index contributed by atoms with van der Waals surface area (Å²) >= 11 is 0. The van der Waals surface area contributed by atoms with Gasteiger partial charge in [0.05, 0.1) is 0 Å². The first-order chi connectivity index (χ1) is 5.77. The number of primary amides is 1. The van der Waals surface area contributed by atoms with Crippen LogP contribution in [0.1, 0.15) is 19.8 Å². The Morgan fingerprint density at radius 3 is 1.50 bits per heavy atom. The molecule has 0 atom stereocenters. The van der Waals surface area contributed by atoms with Gasteiger partial charge in [0.2, 0.25) is 5.91 Å². The molecule has 0 aromatic heterocycles. The molecule has 0 saturated carbocycles. The minimum atomic E-state index is -0.211. The van der Waals surface area contributed by atoms with Crippen molar-refractivity contribution in [2.75, 3.05) is 0 Å². The van der Waals surface area contributed by atoms with Crippen LogP contribution in [0.2, 0.25) is 0 Å². The summed E-state index contributed by atoms with van der Waals surface area (Å²) in [6, 6.07) is 12.0. The second-order valence-electron chi connectivity index (χ2n) is 2.37. The molecule has 0 radical (unpaired) electrons. The molecule has 0 spiro atoms. The van der Waals surface area contributed by atoms with Crippen molar-refractivity contribution in [3.05, 3.63) is 36.4 Å². The summed E-state index contributed by atoms with van der Waals surface area (Å²) in [5, 5.41) is 0. The number of carbonyl (C=O) groups is 1. The summed E-state index contributed by atoms with van der Waals surface area (Å²) in [5.74, 6) is -0.211. The van der Waals surface area contributed by atoms with E-state index in [-0.39, 0.29) is 5.91 Å². The summed E-state index contributed by atoms with van der Waals surface area (Å²) in [6.45, 7) is 1.92. The van der Waals surface area contributed by atoms with Crippen LogP contribution in [-0.2, 0) is 4.79 Å². The van der Waals surface area contributed by atoms with E-state index in [0.29, 0.717) is 6.42 Å². The molecule has 12 heavy (non-hydrogen) atoms. The van der Waals surface area contributed by atoms with Crippen molar-refractivity contribution >= 4 is 5.91 Å². The predicted octanol–water partition coefficient (Wildman–Crippen LogP) is 1.96. The van der Waals surface area contributed by atoms with Gasteiger partial charge in [0, 0.05) is 6.42 Å². The number of amides is 1. The molecule has 66 valence electrons. The number of rotatable bonds is 2. The van der Waals surface area contributed by atoms with Gasteiger partial charge in [-0.1, -0.05) is 43.3 Å². The van der Waals surface area contributed by atoms with Gasteiger partial charge in [-0.25, -0.2) is 0 Å². The fraction of sp³-hybridized carbons (Fsp3) is 0.300. The Morgan fingerprint density at radius 2 is 1.42 bits per heavy atom. The van der Waals surface area contributed by atoms with E-state index in [9.17, 15) is 4.79 Å². The van der Waals surface area contributed by atoms with Gasteiger partial charge >= 0.3 is 0 Å². The van der Waals surface area contributed by atoms with Gasteiger partial charge < -0.3 is 5.73 Å². The van der Waals surface area contributed by atoms with Crippen LogP contribution in [0.25, 0.3) is 0 Å². The molecule has 2 N–H and O–H groups in total. The van der Waals surface area contributed by atoms with Crippen molar-refractivity contribution < 1.29 is 4.79 Å². The molecule has 0 heterocycles. The first-order valence-electron chi connectivity index (χ1n) is 4.05. The van der Waals surface area contributed by atoms with Crippen LogP contribution >= 0.6 is 0 Å². The third-order valence-electron chi connectivity index (χ3n) is 1.16. The molecular formula is C10H15NO. The van der Waals surface area contributed by atoms with Gasteiger partial charge in [-0.05, 0) is 6.42 Å². The zero-order chi connectivity index (χ0) is 9.23. The number of nitrogens with two attached hydrogens (primary N) is 1. The standard InChI is InChI=1S/C6H6.C4H9NO/c1-2-4-6-5-3-1;1-2-3-4(5)6/h1-6H;2-3H2,1H3,(H2,5,6). The van der Waals surface area contributed by atoms with Crippen molar-refractivity contribution in [3.8, 4) is 0 Å². The Balaban J connectivity index is 0.000000202. The van der Waals surface area contributed by atoms with Crippen molar-refractivity contribution in [2.45, 2.75) is 19.8 Å². The monoisotopic (exact) mass is 165 g/mol. The van der Waals surface area contributed by atoms with E-state index >= 15 is 0 Å². The van der Waals surface area contributed by atoms with Gasteiger partial charge in [-0.15, -0.1) is 0 Å². The minimum Gasteiger partial charge on any atom is -0.370 e. The Hall–Kier alpha value is -1.31. The number of carbonyl (C=O) groups excluding carboxylic acids is 1. The first kappa shape index (κ1) is 10.7. The predicted molar refractivity (Wildman–Crippen MR) is 50.5 cm³/mol. The Labute approximate surface area is 73.4 Å². The van der Waals surface area contributed by atoms with E-state index in [1.807, 2.05) is 43.3 Å². The van der Waals surface area contributed by atoms with Crippen molar-refractivity contribution in [1.82, 2.24) is 0 Å². The van der Waals surface area contributed by atoms with Gasteiger partial charge in [0.15, 0.2) is 0 Å². The maximum Gasteiger partial charge on any atom is 0.217 e. The molecule has 2 heteroatoms. The molecule has 0 aliphatic heterocycles. The van der Waals surface area contributed by atoms with Gasteiger partial charge in [0.1, 0.15) is 0 Å². The van der Waals surface area contributed by atoms with Crippen molar-refractivity contribution in [3.63, 3.8) is 0 Å². The van der Waals surface area contributed by atoms with Gasteiger partial charge in [-0.2, -0.15) is 0 Å². The maximum atomic E-state index is 9.82. The maximum absolute atomic E-state index is 9.82. The highest BCUT2D eigenvalue weighted by Crippen LogP contribution is 1.80. The van der Waals surface area contributed by atoms with E-state index in [0.717, 1.165) is 6.42 Å². The molecule has 1 aromatic carbocycles. The molecule has 0 aliphatic carbocycles. The van der Waals surface area contributed by atoms with Crippen molar-refractivity contribution in [1.29, 1.82) is 0 Å². The highest BCUT2D eigenvalue weighted by Gasteiger charge is 1.84. The van der Waals surface area contributed by atoms with Crippen LogP contribution in [0.5, 0.6) is 0 Å². The number of benzene rings is 1. The highest BCUT2D eigenvalue weighted by atomic mass is 16.1. The van der Waals surface area contributed by atoms with Crippen LogP contribution in [0.15, 0.2) is 36.4 Å². The number of hydrogen-bond acceptors (Lipinski definition) is 1. The van der Waals surface area contributed by atoms with E-state index in [1.54, 1.807) is 0 Å². The van der Waals surface area contributed by atoms with Crippen LogP contribution in [0.3, 0.4) is 0 Å². The lowest BCUT2D eigenvalue weighted by molar-refractivity contribution is -0.118. The molecular weight excluding hydrogens is 150 g/mol. The average molecular weight is 165 g/mol. The molecule has 0 aliphatic rings. The topological polar surface area (TPSA) is 43.1 Å². The third-order valence-corrected chi connectivity index (χ3v) is 1.16. The van der Waals surface area contributed by atoms with E-state index < -0.39 is 0 Å². The van der Waals surface area contributed by atoms with Gasteiger partial charge in [-0.3, -0.25) is 4.79 Å². The molecule has 0 fully saturated rings. The Kier molecular flexibility index (Phi) is 6.94. The zero-order valence-corrected chi connectivity index (χ0v) is 7.36. The highest BCUT2D eigenvalue weighted by molar-refractivity contribution is 5.73. The Bertz CT molecular complexity index is 170. The second-order valence-corrected chi connectivity index (χ2v) is 2.37. The largest absolute Gasteiger partial charge is 0.370 e. The van der Waals surface area contributed by atoms with Crippen LogP contribution < -0.4 is 5.73 Å². The summed E-state index contributed by atoms with van der Waals surface area (Å²) in [6.07, 6.45) is 1.37. The smallest absolute Gasteiger partial charge is 0.217 e. The molecule has 2 nitrogen and oxygen atoms in total. The van der Waals surface area contributed by atoms with E-state index in [4.69, 9.17) is 5.73 Å². The molecule has 1 aromatic rings. The summed E-state index contributed by atoms with van der Waals surface area (Å²) < 4.78 is 0. The normalized spacial score (nSPS) is 8.08. The fourth-order valence-corrected chi connectivity index (χ4v) is 0.631. The summed E-state index contributed by atoms with van der Waals surface area (Å²) in [4.78, 5) is 9.82. The third kappa shape index (κ3) is 8.69. The Morgan fingerprint density at radius 1 is 1.08 bits per heavy atom. The SMILES string of the molecule is CCCC(N)=O.c1ccccc1. The second kappa shape index (κ2) is 7.79. The molecule has 1 rings (SSSR count). The van der Waals surface area contributed by atoms with E-state index in [2.05, 4.69) is 0 Å². The molecule has 0 unspecified atom stereocenters. The molecule has 0 bridgehead atoms. The number of hydrogen-bond donors (Lipinski definition) is 1. The average Bonchev–Trinajstić information content (AvgIpc) is 2.08. The molecule has 1 amide bonds. The first-order valence-corrected chi connectivity index (χ1v) is 4.05. The lowest BCUT2D eigenvalue weighted by atomic mass is 10.3. The lowest BCUT2D eigenvalue weighted by Gasteiger charge is -1.81. The van der Waals surface area contributed by atoms with E-state index in [1.165, 1.54) is 0 Å². The van der Waals surface area contributed by atoms with Crippen LogP contribution in [0.4, 0.5) is 0 Å².